The van der Waals surface area contributed by atoms with Crippen LogP contribution in [0.15, 0.2) is 23.3 Å². The molecule has 9 heteroatoms. The van der Waals surface area contributed by atoms with E-state index in [1.54, 1.807) is 23.1 Å². The van der Waals surface area contributed by atoms with E-state index in [2.05, 4.69) is 24.9 Å². The van der Waals surface area contributed by atoms with Gasteiger partial charge in [0.1, 0.15) is 0 Å². The highest BCUT2D eigenvalue weighted by atomic mass is 35.5. The Bertz CT molecular complexity index is 819. The molecule has 0 radical (unpaired) electrons. The van der Waals surface area contributed by atoms with Gasteiger partial charge in [-0.05, 0) is 11.3 Å². The molecule has 1 saturated heterocycles. The maximum Gasteiger partial charge on any atom is 0.267 e. The third-order valence-electron chi connectivity index (χ3n) is 4.79. The number of hydrogen-bond acceptors (Lipinski definition) is 7. The van der Waals surface area contributed by atoms with Gasteiger partial charge in [-0.2, -0.15) is 16.9 Å². The lowest BCUT2D eigenvalue weighted by molar-refractivity contribution is 0.241. The summed E-state index contributed by atoms with van der Waals surface area (Å²) in [7, 11) is 0. The summed E-state index contributed by atoms with van der Waals surface area (Å²) in [5, 5.41) is 5.14. The summed E-state index contributed by atoms with van der Waals surface area (Å²) < 4.78 is 1.63. The average Bonchev–Trinajstić information content (AvgIpc) is 2.67. The third kappa shape index (κ3) is 4.02. The molecule has 0 amide bonds. The lowest BCUT2D eigenvalue weighted by Crippen LogP contribution is -2.48. The monoisotopic (exact) mass is 392 g/mol. The normalized spacial score (nSPS) is 18.0. The summed E-state index contributed by atoms with van der Waals surface area (Å²) in [6.45, 7) is 5.04. The fraction of sp³-hybridized carbons (Fsp3) is 0.529. The van der Waals surface area contributed by atoms with Crippen LogP contribution in [-0.2, 0) is 18.7 Å². The minimum Gasteiger partial charge on any atom is -0.338 e. The van der Waals surface area contributed by atoms with Crippen LogP contribution in [0.3, 0.4) is 0 Å². The molecule has 0 bridgehead atoms. The molecule has 4 rings (SSSR count). The Morgan fingerprint density at radius 3 is 2.65 bits per heavy atom. The second-order valence-corrected chi connectivity index (χ2v) is 8.05. The fourth-order valence-corrected chi connectivity index (χ4v) is 4.34. The number of fused-ring (bicyclic) bond motifs is 1. The first kappa shape index (κ1) is 17.8. The lowest BCUT2D eigenvalue weighted by Gasteiger charge is -2.34. The van der Waals surface area contributed by atoms with E-state index < -0.39 is 0 Å². The molecule has 2 aliphatic rings. The van der Waals surface area contributed by atoms with Gasteiger partial charge in [0.05, 0.1) is 29.7 Å². The molecule has 4 heterocycles. The van der Waals surface area contributed by atoms with Crippen molar-refractivity contribution in [3.05, 3.63) is 45.1 Å². The minimum absolute atomic E-state index is 0.0134. The van der Waals surface area contributed by atoms with Crippen LogP contribution in [0.1, 0.15) is 11.3 Å². The summed E-state index contributed by atoms with van der Waals surface area (Å²) in [5.74, 6) is 2.72. The molecule has 2 aromatic rings. The van der Waals surface area contributed by atoms with Crippen LogP contribution in [0.25, 0.3) is 0 Å². The quantitative estimate of drug-likeness (QED) is 0.776. The molecular formula is C17H21ClN6OS. The van der Waals surface area contributed by atoms with E-state index in [0.29, 0.717) is 11.6 Å². The molecule has 0 aliphatic carbocycles. The van der Waals surface area contributed by atoms with Crippen LogP contribution in [0.2, 0.25) is 5.02 Å². The van der Waals surface area contributed by atoms with E-state index >= 15 is 0 Å². The van der Waals surface area contributed by atoms with E-state index in [4.69, 9.17) is 11.6 Å². The number of anilines is 1. The van der Waals surface area contributed by atoms with Crippen molar-refractivity contribution in [3.8, 4) is 0 Å². The summed E-state index contributed by atoms with van der Waals surface area (Å²) in [6.07, 6.45) is 4.21. The number of piperazine rings is 1. The van der Waals surface area contributed by atoms with Gasteiger partial charge in [-0.15, -0.1) is 0 Å². The van der Waals surface area contributed by atoms with Crippen LogP contribution < -0.4 is 10.5 Å². The van der Waals surface area contributed by atoms with Crippen LogP contribution in [0, 0.1) is 0 Å². The molecule has 2 aliphatic heterocycles. The Morgan fingerprint density at radius 1 is 1.12 bits per heavy atom. The fourth-order valence-electron chi connectivity index (χ4n) is 3.29. The molecule has 0 spiro atoms. The largest absolute Gasteiger partial charge is 0.338 e. The van der Waals surface area contributed by atoms with Crippen LogP contribution >= 0.6 is 23.4 Å². The second-order valence-electron chi connectivity index (χ2n) is 6.51. The predicted molar refractivity (Wildman–Crippen MR) is 104 cm³/mol. The molecule has 0 unspecified atom stereocenters. The summed E-state index contributed by atoms with van der Waals surface area (Å²) in [5.41, 5.74) is 2.21. The van der Waals surface area contributed by atoms with Gasteiger partial charge in [-0.3, -0.25) is 9.69 Å². The summed E-state index contributed by atoms with van der Waals surface area (Å²) in [6, 6.07) is 1.77. The lowest BCUT2D eigenvalue weighted by atomic mass is 10.2. The van der Waals surface area contributed by atoms with Gasteiger partial charge in [0, 0.05) is 51.0 Å². The van der Waals surface area contributed by atoms with Crippen molar-refractivity contribution in [3.63, 3.8) is 0 Å². The maximum atomic E-state index is 12.3. The van der Waals surface area contributed by atoms with Crippen molar-refractivity contribution in [1.82, 2.24) is 24.6 Å². The van der Waals surface area contributed by atoms with Crippen molar-refractivity contribution in [2.45, 2.75) is 18.7 Å². The number of halogens is 1. The molecule has 0 N–H and O–H groups in total. The van der Waals surface area contributed by atoms with E-state index in [-0.39, 0.29) is 5.56 Å². The maximum absolute atomic E-state index is 12.3. The number of hydrogen-bond donors (Lipinski definition) is 0. The summed E-state index contributed by atoms with van der Waals surface area (Å²) >= 11 is 7.71. The van der Waals surface area contributed by atoms with Crippen LogP contribution in [-0.4, -0.2) is 63.1 Å². The SMILES string of the molecule is O=c1cc2c(nn1CCN1CCN(c3ncc(Cl)cn3)CC1)CCSC2. The molecule has 0 atom stereocenters. The first-order valence-corrected chi connectivity index (χ1v) is 10.3. The molecular weight excluding hydrogens is 372 g/mol. The topological polar surface area (TPSA) is 67.2 Å². The highest BCUT2D eigenvalue weighted by molar-refractivity contribution is 7.98. The van der Waals surface area contributed by atoms with Gasteiger partial charge < -0.3 is 4.90 Å². The van der Waals surface area contributed by atoms with Crippen molar-refractivity contribution in [1.29, 1.82) is 0 Å². The van der Waals surface area contributed by atoms with Crippen molar-refractivity contribution >= 4 is 29.3 Å². The number of nitrogens with zero attached hydrogens (tertiary/aromatic N) is 6. The first-order valence-electron chi connectivity index (χ1n) is 8.81. The average molecular weight is 393 g/mol. The Hall–Kier alpha value is -1.64. The number of rotatable bonds is 4. The van der Waals surface area contributed by atoms with Gasteiger partial charge in [0.15, 0.2) is 0 Å². The Morgan fingerprint density at radius 2 is 1.88 bits per heavy atom. The molecule has 0 saturated carbocycles. The van der Waals surface area contributed by atoms with Gasteiger partial charge in [-0.25, -0.2) is 14.6 Å². The van der Waals surface area contributed by atoms with Gasteiger partial charge in [0.25, 0.3) is 5.56 Å². The number of aryl methyl sites for hydroxylation is 1. The van der Waals surface area contributed by atoms with E-state index in [1.807, 2.05) is 11.8 Å². The molecule has 0 aromatic carbocycles. The van der Waals surface area contributed by atoms with Gasteiger partial charge >= 0.3 is 0 Å². The number of aromatic nitrogens is 4. The van der Waals surface area contributed by atoms with Gasteiger partial charge in [-0.1, -0.05) is 11.6 Å². The molecule has 1 fully saturated rings. The highest BCUT2D eigenvalue weighted by Crippen LogP contribution is 2.21. The van der Waals surface area contributed by atoms with Crippen molar-refractivity contribution in [2.75, 3.05) is 43.4 Å². The van der Waals surface area contributed by atoms with Crippen molar-refractivity contribution < 1.29 is 0 Å². The smallest absolute Gasteiger partial charge is 0.267 e. The standard InChI is InChI=1S/C17H21ClN6OS/c18-14-10-19-17(20-11-14)23-5-2-22(3-6-23)4-7-24-16(25)9-13-12-26-8-1-15(13)21-24/h9-11H,1-8,12H2. The Kier molecular flexibility index (Phi) is 5.42. The zero-order valence-electron chi connectivity index (χ0n) is 14.5. The van der Waals surface area contributed by atoms with Crippen LogP contribution in [0.5, 0.6) is 0 Å². The second kappa shape index (κ2) is 7.94. The minimum atomic E-state index is 0.0134. The zero-order chi connectivity index (χ0) is 17.9. The first-order chi connectivity index (χ1) is 12.7. The summed E-state index contributed by atoms with van der Waals surface area (Å²) in [4.78, 5) is 25.3. The molecule has 7 nitrogen and oxygen atoms in total. The Balaban J connectivity index is 1.32. The zero-order valence-corrected chi connectivity index (χ0v) is 16.0. The molecule has 26 heavy (non-hydrogen) atoms. The van der Waals surface area contributed by atoms with E-state index in [9.17, 15) is 4.79 Å². The van der Waals surface area contributed by atoms with E-state index in [0.717, 1.165) is 67.9 Å². The van der Waals surface area contributed by atoms with Gasteiger partial charge in [0.2, 0.25) is 5.95 Å². The Labute approximate surface area is 161 Å². The molecule has 138 valence electrons. The van der Waals surface area contributed by atoms with Crippen LogP contribution in [0.4, 0.5) is 5.95 Å². The van der Waals surface area contributed by atoms with Crippen molar-refractivity contribution in [2.24, 2.45) is 0 Å². The predicted octanol–water partition coefficient (Wildman–Crippen LogP) is 1.30. The third-order valence-corrected chi connectivity index (χ3v) is 6.00. The van der Waals surface area contributed by atoms with E-state index in [1.165, 1.54) is 0 Å². The number of thioether (sulfide) groups is 1. The highest BCUT2D eigenvalue weighted by Gasteiger charge is 2.19. The molecule has 2 aromatic heterocycles.